The van der Waals surface area contributed by atoms with Gasteiger partial charge in [0.25, 0.3) is 0 Å². The maximum atomic E-state index is 11.6. The molecule has 0 spiro atoms. The summed E-state index contributed by atoms with van der Waals surface area (Å²) in [6.07, 6.45) is 1.83. The van der Waals surface area contributed by atoms with Crippen molar-refractivity contribution in [2.45, 2.75) is 38.8 Å². The number of nitrogens with one attached hydrogen (secondary N) is 1. The van der Waals surface area contributed by atoms with Crippen LogP contribution in [0, 0.1) is 0 Å². The predicted octanol–water partition coefficient (Wildman–Crippen LogP) is 0.0600. The molecule has 1 atom stereocenters. The molecular weight excluding hydrogens is 196 g/mol. The van der Waals surface area contributed by atoms with Crippen LogP contribution in [0.15, 0.2) is 0 Å². The first-order valence-corrected chi connectivity index (χ1v) is 5.27. The van der Waals surface area contributed by atoms with Crippen LogP contribution in [0.4, 0.5) is 0 Å². The summed E-state index contributed by atoms with van der Waals surface area (Å²) in [4.78, 5) is 24.1. The fraction of sp³-hybridized carbons (Fsp3) is 0.800. The molecule has 0 radical (unpaired) electrons. The van der Waals surface area contributed by atoms with E-state index < -0.39 is 5.97 Å². The molecule has 1 fully saturated rings. The van der Waals surface area contributed by atoms with E-state index in [-0.39, 0.29) is 18.5 Å². The summed E-state index contributed by atoms with van der Waals surface area (Å²) in [6.45, 7) is 4.72. The minimum atomic E-state index is -1.00. The Hall–Kier alpha value is -1.10. The van der Waals surface area contributed by atoms with Gasteiger partial charge in [-0.3, -0.25) is 14.5 Å². The van der Waals surface area contributed by atoms with Crippen LogP contribution < -0.4 is 5.32 Å². The van der Waals surface area contributed by atoms with Gasteiger partial charge in [0.1, 0.15) is 6.54 Å². The van der Waals surface area contributed by atoms with Gasteiger partial charge in [-0.25, -0.2) is 0 Å². The van der Waals surface area contributed by atoms with Crippen molar-refractivity contribution in [3.05, 3.63) is 0 Å². The molecule has 86 valence electrons. The van der Waals surface area contributed by atoms with Crippen LogP contribution in [0.2, 0.25) is 0 Å². The molecule has 1 rings (SSSR count). The maximum Gasteiger partial charge on any atom is 0.322 e. The highest BCUT2D eigenvalue weighted by atomic mass is 16.4. The van der Waals surface area contributed by atoms with E-state index in [0.29, 0.717) is 6.04 Å². The molecule has 5 nitrogen and oxygen atoms in total. The van der Waals surface area contributed by atoms with Crippen LogP contribution >= 0.6 is 0 Å². The summed E-state index contributed by atoms with van der Waals surface area (Å²) < 4.78 is 0. The number of hydrogen-bond acceptors (Lipinski definition) is 3. The van der Waals surface area contributed by atoms with Crippen LogP contribution in [0.5, 0.6) is 0 Å². The fourth-order valence-electron chi connectivity index (χ4n) is 1.97. The molecule has 0 aromatic rings. The molecule has 1 heterocycles. The lowest BCUT2D eigenvalue weighted by atomic mass is 10.2. The van der Waals surface area contributed by atoms with Crippen molar-refractivity contribution in [2.75, 3.05) is 13.1 Å². The van der Waals surface area contributed by atoms with Gasteiger partial charge >= 0.3 is 5.97 Å². The Balaban J connectivity index is 2.47. The van der Waals surface area contributed by atoms with E-state index in [1.54, 1.807) is 0 Å². The highest BCUT2D eigenvalue weighted by molar-refractivity contribution is 5.85. The second-order valence-corrected chi connectivity index (χ2v) is 4.10. The Labute approximate surface area is 89.4 Å². The average molecular weight is 214 g/mol. The zero-order valence-corrected chi connectivity index (χ0v) is 9.19. The molecule has 0 aromatic heterocycles. The molecule has 1 saturated heterocycles. The van der Waals surface area contributed by atoms with E-state index in [4.69, 9.17) is 5.11 Å². The van der Waals surface area contributed by atoms with Crippen molar-refractivity contribution >= 4 is 11.9 Å². The molecular formula is C10H18N2O3. The lowest BCUT2D eigenvalue weighted by Gasteiger charge is -2.26. The van der Waals surface area contributed by atoms with Crippen LogP contribution in [-0.2, 0) is 9.59 Å². The van der Waals surface area contributed by atoms with Crippen LogP contribution in [0.1, 0.15) is 26.7 Å². The van der Waals surface area contributed by atoms with E-state index in [2.05, 4.69) is 10.2 Å². The van der Waals surface area contributed by atoms with Crippen LogP contribution in [-0.4, -0.2) is 47.1 Å². The monoisotopic (exact) mass is 214 g/mol. The van der Waals surface area contributed by atoms with E-state index in [1.165, 1.54) is 0 Å². The lowest BCUT2D eigenvalue weighted by Crippen LogP contribution is -2.47. The maximum absolute atomic E-state index is 11.6. The van der Waals surface area contributed by atoms with Gasteiger partial charge < -0.3 is 10.4 Å². The molecule has 1 aliphatic rings. The van der Waals surface area contributed by atoms with Crippen molar-refractivity contribution in [2.24, 2.45) is 0 Å². The largest absolute Gasteiger partial charge is 0.480 e. The van der Waals surface area contributed by atoms with E-state index in [9.17, 15) is 9.59 Å². The third kappa shape index (κ3) is 3.20. The zero-order valence-electron chi connectivity index (χ0n) is 9.19. The number of carbonyl (C=O) groups excluding carboxylic acids is 1. The first-order valence-electron chi connectivity index (χ1n) is 5.27. The van der Waals surface area contributed by atoms with Crippen molar-refractivity contribution in [1.29, 1.82) is 0 Å². The Morgan fingerprint density at radius 2 is 2.20 bits per heavy atom. The quantitative estimate of drug-likeness (QED) is 0.694. The van der Waals surface area contributed by atoms with Crippen molar-refractivity contribution in [1.82, 2.24) is 10.2 Å². The van der Waals surface area contributed by atoms with Gasteiger partial charge in [-0.2, -0.15) is 0 Å². The fourth-order valence-corrected chi connectivity index (χ4v) is 1.97. The Morgan fingerprint density at radius 3 is 2.73 bits per heavy atom. The average Bonchev–Trinajstić information content (AvgIpc) is 2.62. The number of aliphatic carboxylic acids is 1. The minimum Gasteiger partial charge on any atom is -0.480 e. The predicted molar refractivity (Wildman–Crippen MR) is 55.5 cm³/mol. The molecule has 0 saturated carbocycles. The summed E-state index contributed by atoms with van der Waals surface area (Å²) in [5.41, 5.74) is 0. The smallest absolute Gasteiger partial charge is 0.322 e. The first-order chi connectivity index (χ1) is 7.02. The van der Waals surface area contributed by atoms with E-state index >= 15 is 0 Å². The highest BCUT2D eigenvalue weighted by Gasteiger charge is 2.31. The van der Waals surface area contributed by atoms with Gasteiger partial charge in [0.2, 0.25) is 5.91 Å². The molecule has 5 heteroatoms. The van der Waals surface area contributed by atoms with Gasteiger partial charge in [-0.05, 0) is 33.2 Å². The molecule has 2 N–H and O–H groups in total. The third-order valence-corrected chi connectivity index (χ3v) is 2.67. The summed E-state index contributed by atoms with van der Waals surface area (Å²) in [5.74, 6) is -1.17. The van der Waals surface area contributed by atoms with Crippen molar-refractivity contribution < 1.29 is 14.7 Å². The van der Waals surface area contributed by atoms with Crippen LogP contribution in [0.25, 0.3) is 0 Å². The van der Waals surface area contributed by atoms with Gasteiger partial charge in [-0.1, -0.05) is 0 Å². The summed E-state index contributed by atoms with van der Waals surface area (Å²) in [5, 5.41) is 10.9. The molecule has 0 aromatic carbocycles. The Bertz CT molecular complexity index is 253. The highest BCUT2D eigenvalue weighted by Crippen LogP contribution is 2.19. The Morgan fingerprint density at radius 1 is 1.53 bits per heavy atom. The Kier molecular flexibility index (Phi) is 4.08. The summed E-state index contributed by atoms with van der Waals surface area (Å²) in [6, 6.07) is 0.178. The zero-order chi connectivity index (χ0) is 11.4. The third-order valence-electron chi connectivity index (χ3n) is 2.67. The van der Waals surface area contributed by atoms with Crippen LogP contribution in [0.3, 0.4) is 0 Å². The number of carboxylic acid groups (broad SMARTS) is 1. The first kappa shape index (κ1) is 12.0. The van der Waals surface area contributed by atoms with Gasteiger partial charge in [0.15, 0.2) is 0 Å². The van der Waals surface area contributed by atoms with Gasteiger partial charge in [-0.15, -0.1) is 0 Å². The number of nitrogens with zero attached hydrogens (tertiary/aromatic N) is 1. The second-order valence-electron chi connectivity index (χ2n) is 4.10. The topological polar surface area (TPSA) is 69.6 Å². The molecule has 1 aliphatic heterocycles. The van der Waals surface area contributed by atoms with Crippen molar-refractivity contribution in [3.63, 3.8) is 0 Å². The molecule has 0 bridgehead atoms. The number of amides is 1. The van der Waals surface area contributed by atoms with Gasteiger partial charge in [0, 0.05) is 6.04 Å². The van der Waals surface area contributed by atoms with E-state index in [1.807, 2.05) is 13.8 Å². The summed E-state index contributed by atoms with van der Waals surface area (Å²) >= 11 is 0. The SMILES string of the molecule is CC(C)N1CCC[C@H]1C(=O)NCC(=O)O. The number of carboxylic acids is 1. The van der Waals surface area contributed by atoms with E-state index in [0.717, 1.165) is 19.4 Å². The summed E-state index contributed by atoms with van der Waals surface area (Å²) in [7, 11) is 0. The molecule has 15 heavy (non-hydrogen) atoms. The molecule has 1 amide bonds. The normalized spacial score (nSPS) is 21.9. The number of likely N-dealkylation sites (tertiary alicyclic amines) is 1. The van der Waals surface area contributed by atoms with Crippen molar-refractivity contribution in [3.8, 4) is 0 Å². The molecule has 0 aliphatic carbocycles. The minimum absolute atomic E-state index is 0.149. The number of hydrogen-bond donors (Lipinski definition) is 2. The lowest BCUT2D eigenvalue weighted by molar-refractivity contribution is -0.138. The molecule has 0 unspecified atom stereocenters. The number of carbonyl (C=O) groups is 2. The standard InChI is InChI=1S/C10H18N2O3/c1-7(2)12-5-3-4-8(12)10(15)11-6-9(13)14/h7-8H,3-6H2,1-2H3,(H,11,15)(H,13,14)/t8-/m0/s1. The number of rotatable bonds is 4. The van der Waals surface area contributed by atoms with Gasteiger partial charge in [0.05, 0.1) is 6.04 Å². The second kappa shape index (κ2) is 5.11.